The summed E-state index contributed by atoms with van der Waals surface area (Å²) in [6, 6.07) is 12.9. The van der Waals surface area contributed by atoms with Crippen LogP contribution < -0.4 is 4.74 Å². The zero-order chi connectivity index (χ0) is 15.7. The van der Waals surface area contributed by atoms with E-state index in [1.54, 1.807) is 26.3 Å². The van der Waals surface area contributed by atoms with Gasteiger partial charge in [0.25, 0.3) is 0 Å². The van der Waals surface area contributed by atoms with E-state index < -0.39 is 9.84 Å². The smallest absolute Gasteiger partial charge is 0.178 e. The Labute approximate surface area is 129 Å². The first-order valence-corrected chi connectivity index (χ1v) is 8.70. The van der Waals surface area contributed by atoms with Gasteiger partial charge in [0.15, 0.2) is 9.84 Å². The Bertz CT molecular complexity index is 912. The molecule has 0 radical (unpaired) electrons. The Morgan fingerprint density at radius 1 is 1.09 bits per heavy atom. The number of aromatic amines is 1. The summed E-state index contributed by atoms with van der Waals surface area (Å²) in [5.74, 6) is 0.737. The van der Waals surface area contributed by atoms with Crippen molar-refractivity contribution in [3.63, 3.8) is 0 Å². The zero-order valence-corrected chi connectivity index (χ0v) is 13.3. The molecule has 22 heavy (non-hydrogen) atoms. The second-order valence-electron chi connectivity index (χ2n) is 4.99. The molecule has 3 aromatic rings. The first-order chi connectivity index (χ1) is 10.6. The second kappa shape index (κ2) is 5.50. The van der Waals surface area contributed by atoms with E-state index in [0.717, 1.165) is 16.6 Å². The van der Waals surface area contributed by atoms with E-state index in [2.05, 4.69) is 4.98 Å². The molecule has 0 bridgehead atoms. The van der Waals surface area contributed by atoms with Crippen molar-refractivity contribution in [1.82, 2.24) is 4.98 Å². The fourth-order valence-electron chi connectivity index (χ4n) is 2.65. The van der Waals surface area contributed by atoms with Crippen molar-refractivity contribution in [3.05, 3.63) is 48.7 Å². The van der Waals surface area contributed by atoms with Crippen molar-refractivity contribution in [2.24, 2.45) is 0 Å². The molecule has 114 valence electrons. The molecule has 0 amide bonds. The molecule has 0 aliphatic rings. The maximum Gasteiger partial charge on any atom is 0.178 e. The minimum atomic E-state index is -3.33. The third-order valence-electron chi connectivity index (χ3n) is 3.76. The number of hydrogen-bond acceptors (Lipinski definition) is 3. The van der Waals surface area contributed by atoms with Gasteiger partial charge in [-0.1, -0.05) is 31.2 Å². The predicted octanol–water partition coefficient (Wildman–Crippen LogP) is 3.64. The van der Waals surface area contributed by atoms with Gasteiger partial charge in [-0.3, -0.25) is 0 Å². The minimum absolute atomic E-state index is 0.0630. The number of aromatic nitrogens is 1. The molecule has 2 aromatic carbocycles. The van der Waals surface area contributed by atoms with Crippen LogP contribution in [0, 0.1) is 0 Å². The summed E-state index contributed by atoms with van der Waals surface area (Å²) in [5, 5.41) is 1.49. The first-order valence-electron chi connectivity index (χ1n) is 7.04. The molecule has 1 N–H and O–H groups in total. The summed E-state index contributed by atoms with van der Waals surface area (Å²) in [4.78, 5) is 3.46. The molecular formula is C17H17NO3S. The number of methoxy groups -OCH3 is 1. The SMILES string of the molecule is CCS(=O)(=O)c1cc(-c2ccc[nH]2)c(OC)c2ccccc12. The lowest BCUT2D eigenvalue weighted by molar-refractivity contribution is 0.421. The van der Waals surface area contributed by atoms with Crippen molar-refractivity contribution < 1.29 is 13.2 Å². The first kappa shape index (κ1) is 14.7. The molecule has 4 nitrogen and oxygen atoms in total. The highest BCUT2D eigenvalue weighted by atomic mass is 32.2. The van der Waals surface area contributed by atoms with Gasteiger partial charge in [-0.2, -0.15) is 0 Å². The van der Waals surface area contributed by atoms with Crippen molar-refractivity contribution in [3.8, 4) is 17.0 Å². The Kier molecular flexibility index (Phi) is 3.66. The van der Waals surface area contributed by atoms with Crippen LogP contribution in [0.25, 0.3) is 22.0 Å². The molecule has 0 saturated heterocycles. The van der Waals surface area contributed by atoms with Gasteiger partial charge in [0.2, 0.25) is 0 Å². The summed E-state index contributed by atoms with van der Waals surface area (Å²) in [5.41, 5.74) is 1.58. The van der Waals surface area contributed by atoms with Crippen molar-refractivity contribution in [2.75, 3.05) is 12.9 Å². The van der Waals surface area contributed by atoms with Gasteiger partial charge in [0.05, 0.1) is 17.8 Å². The molecule has 0 spiro atoms. The maximum atomic E-state index is 12.5. The van der Waals surface area contributed by atoms with Crippen LogP contribution in [0.15, 0.2) is 53.6 Å². The number of sulfone groups is 1. The van der Waals surface area contributed by atoms with E-state index in [1.165, 1.54) is 0 Å². The van der Waals surface area contributed by atoms with Crippen LogP contribution in [0.4, 0.5) is 0 Å². The molecular weight excluding hydrogens is 298 g/mol. The van der Waals surface area contributed by atoms with Gasteiger partial charge in [0.1, 0.15) is 5.75 Å². The van der Waals surface area contributed by atoms with E-state index in [9.17, 15) is 8.42 Å². The molecule has 0 saturated carbocycles. The number of H-pyrrole nitrogens is 1. The number of nitrogens with one attached hydrogen (secondary N) is 1. The molecule has 0 aliphatic carbocycles. The predicted molar refractivity (Wildman–Crippen MR) is 88.0 cm³/mol. The van der Waals surface area contributed by atoms with E-state index >= 15 is 0 Å². The third kappa shape index (κ3) is 2.27. The van der Waals surface area contributed by atoms with Crippen LogP contribution in [0.3, 0.4) is 0 Å². The van der Waals surface area contributed by atoms with Gasteiger partial charge in [-0.05, 0) is 18.2 Å². The highest BCUT2D eigenvalue weighted by Gasteiger charge is 2.21. The summed E-state index contributed by atoms with van der Waals surface area (Å²) in [7, 11) is -1.73. The molecule has 0 aliphatic heterocycles. The van der Waals surface area contributed by atoms with Crippen molar-refractivity contribution in [2.45, 2.75) is 11.8 Å². The third-order valence-corrected chi connectivity index (χ3v) is 5.53. The van der Waals surface area contributed by atoms with Gasteiger partial charge in [-0.25, -0.2) is 8.42 Å². The van der Waals surface area contributed by atoms with Crippen molar-refractivity contribution >= 4 is 20.6 Å². The summed E-state index contributed by atoms with van der Waals surface area (Å²) in [6.07, 6.45) is 1.80. The fourth-order valence-corrected chi connectivity index (χ4v) is 3.77. The molecule has 1 heterocycles. The van der Waals surface area contributed by atoms with Gasteiger partial charge < -0.3 is 9.72 Å². The lowest BCUT2D eigenvalue weighted by Crippen LogP contribution is -2.05. The molecule has 0 fully saturated rings. The van der Waals surface area contributed by atoms with E-state index in [-0.39, 0.29) is 5.75 Å². The van der Waals surface area contributed by atoms with Crippen LogP contribution in [0.5, 0.6) is 5.75 Å². The summed E-state index contributed by atoms with van der Waals surface area (Å²) in [6.45, 7) is 1.66. The second-order valence-corrected chi connectivity index (χ2v) is 7.23. The van der Waals surface area contributed by atoms with Crippen LogP contribution in [0.1, 0.15) is 6.92 Å². The van der Waals surface area contributed by atoms with Crippen molar-refractivity contribution in [1.29, 1.82) is 0 Å². The Hall–Kier alpha value is -2.27. The average Bonchev–Trinajstić information content (AvgIpc) is 3.07. The summed E-state index contributed by atoms with van der Waals surface area (Å²) < 4.78 is 30.5. The van der Waals surface area contributed by atoms with Crippen LogP contribution >= 0.6 is 0 Å². The quantitative estimate of drug-likeness (QED) is 0.799. The Balaban J connectivity index is 2.47. The normalized spacial score (nSPS) is 11.7. The molecule has 5 heteroatoms. The Morgan fingerprint density at radius 2 is 1.82 bits per heavy atom. The number of rotatable bonds is 4. The van der Waals surface area contributed by atoms with Gasteiger partial charge in [0, 0.05) is 28.2 Å². The highest BCUT2D eigenvalue weighted by Crippen LogP contribution is 2.39. The number of ether oxygens (including phenoxy) is 1. The zero-order valence-electron chi connectivity index (χ0n) is 12.5. The van der Waals surface area contributed by atoms with Crippen LogP contribution in [-0.4, -0.2) is 26.3 Å². The standard InChI is InChI=1S/C17H17NO3S/c1-3-22(19,20)16-11-14(15-9-6-10-18-15)17(21-2)13-8-5-4-7-12(13)16/h4-11,18H,3H2,1-2H3. The number of hydrogen-bond donors (Lipinski definition) is 1. The van der Waals surface area contributed by atoms with Crippen LogP contribution in [-0.2, 0) is 9.84 Å². The molecule has 0 atom stereocenters. The largest absolute Gasteiger partial charge is 0.495 e. The van der Waals surface area contributed by atoms with E-state index in [4.69, 9.17) is 4.74 Å². The molecule has 3 rings (SSSR count). The van der Waals surface area contributed by atoms with E-state index in [0.29, 0.717) is 16.0 Å². The summed E-state index contributed by atoms with van der Waals surface area (Å²) >= 11 is 0. The molecule has 1 aromatic heterocycles. The highest BCUT2D eigenvalue weighted by molar-refractivity contribution is 7.91. The van der Waals surface area contributed by atoms with E-state index in [1.807, 2.05) is 36.4 Å². The minimum Gasteiger partial charge on any atom is -0.495 e. The molecule has 0 unspecified atom stereocenters. The number of fused-ring (bicyclic) bond motifs is 1. The fraction of sp³-hybridized carbons (Fsp3) is 0.176. The Morgan fingerprint density at radius 3 is 2.41 bits per heavy atom. The lowest BCUT2D eigenvalue weighted by atomic mass is 10.0. The number of benzene rings is 2. The lowest BCUT2D eigenvalue weighted by Gasteiger charge is -2.15. The van der Waals surface area contributed by atoms with Gasteiger partial charge in [-0.15, -0.1) is 0 Å². The van der Waals surface area contributed by atoms with Gasteiger partial charge >= 0.3 is 0 Å². The van der Waals surface area contributed by atoms with Crippen LogP contribution in [0.2, 0.25) is 0 Å². The average molecular weight is 315 g/mol. The maximum absolute atomic E-state index is 12.5. The monoisotopic (exact) mass is 315 g/mol. The topological polar surface area (TPSA) is 59.2 Å².